The molecular weight excluding hydrogens is 500 g/mol. The van der Waals surface area contributed by atoms with E-state index >= 15 is 0 Å². The highest BCUT2D eigenvalue weighted by molar-refractivity contribution is 6.19. The fourth-order valence-electron chi connectivity index (χ4n) is 3.85. The smallest absolute Gasteiger partial charge is 0.302 e. The Balaban J connectivity index is 1.80. The van der Waals surface area contributed by atoms with Crippen LogP contribution in [0.3, 0.4) is 0 Å². The molecule has 2 aromatic carbocycles. The van der Waals surface area contributed by atoms with E-state index in [1.807, 2.05) is 44.2 Å². The average Bonchev–Trinajstić information content (AvgIpc) is 2.91. The first-order valence-corrected chi connectivity index (χ1v) is 12.6. The summed E-state index contributed by atoms with van der Waals surface area (Å²) in [5, 5.41) is 9.62. The highest BCUT2D eigenvalue weighted by atomic mass is 16.6. The Kier molecular flexibility index (Phi) is 10.4. The molecule has 0 fully saturated rings. The third kappa shape index (κ3) is 7.79. The summed E-state index contributed by atoms with van der Waals surface area (Å²) in [5.74, 6) is -0.554. The largest absolute Gasteiger partial charge is 0.490 e. The summed E-state index contributed by atoms with van der Waals surface area (Å²) < 4.78 is 22.0. The molecule has 0 N–H and O–H groups in total. The van der Waals surface area contributed by atoms with E-state index in [-0.39, 0.29) is 37.5 Å². The van der Waals surface area contributed by atoms with Crippen molar-refractivity contribution in [2.45, 2.75) is 34.3 Å². The van der Waals surface area contributed by atoms with Crippen molar-refractivity contribution in [3.63, 3.8) is 0 Å². The molecule has 9 nitrogen and oxygen atoms in total. The summed E-state index contributed by atoms with van der Waals surface area (Å²) in [6.07, 6.45) is 1.63. The van der Waals surface area contributed by atoms with Gasteiger partial charge >= 0.3 is 5.97 Å². The molecule has 0 aromatic heterocycles. The Bertz CT molecular complexity index is 1320. The Morgan fingerprint density at radius 2 is 1.72 bits per heavy atom. The molecule has 204 valence electrons. The highest BCUT2D eigenvalue weighted by Gasteiger charge is 2.35. The van der Waals surface area contributed by atoms with Gasteiger partial charge in [0.1, 0.15) is 24.9 Å². The predicted molar refractivity (Wildman–Crippen MR) is 144 cm³/mol. The van der Waals surface area contributed by atoms with Gasteiger partial charge in [0.05, 0.1) is 26.4 Å². The average molecular weight is 533 g/mol. The van der Waals surface area contributed by atoms with Crippen molar-refractivity contribution in [1.82, 2.24) is 4.90 Å². The van der Waals surface area contributed by atoms with Crippen LogP contribution in [-0.2, 0) is 30.5 Å². The number of carbonyl (C=O) groups excluding carboxylic acids is 3. The topological polar surface area (TPSA) is 115 Å². The minimum Gasteiger partial charge on any atom is -0.490 e. The minimum absolute atomic E-state index is 0.0330. The quantitative estimate of drug-likeness (QED) is 0.173. The molecule has 0 saturated heterocycles. The maximum Gasteiger partial charge on any atom is 0.302 e. The van der Waals surface area contributed by atoms with Crippen molar-refractivity contribution in [3.05, 3.63) is 75.9 Å². The molecular formula is C30H32N2O7. The lowest BCUT2D eigenvalue weighted by Crippen LogP contribution is -2.44. The fourth-order valence-corrected chi connectivity index (χ4v) is 3.85. The number of hydrogen-bond donors (Lipinski definition) is 0. The van der Waals surface area contributed by atoms with Gasteiger partial charge in [0.25, 0.3) is 11.8 Å². The first-order chi connectivity index (χ1) is 18.7. The lowest BCUT2D eigenvalue weighted by atomic mass is 9.93. The van der Waals surface area contributed by atoms with E-state index in [1.165, 1.54) is 12.5 Å². The SMILES string of the molecule is CCOc1cc(/C=C2/C(=O)N(CCOCCOC(C)=O)C(=O)C(C#N)=C2C)ccc1OCc1ccc(C)cc1. The number of aryl methyl sites for hydroxylation is 1. The van der Waals surface area contributed by atoms with Crippen molar-refractivity contribution in [2.24, 2.45) is 0 Å². The number of esters is 1. The number of amides is 2. The number of rotatable bonds is 12. The maximum absolute atomic E-state index is 13.3. The van der Waals surface area contributed by atoms with E-state index in [0.29, 0.717) is 35.8 Å². The van der Waals surface area contributed by atoms with Crippen LogP contribution < -0.4 is 9.47 Å². The molecule has 0 atom stereocenters. The van der Waals surface area contributed by atoms with E-state index in [1.54, 1.807) is 31.2 Å². The van der Waals surface area contributed by atoms with Gasteiger partial charge in [0.15, 0.2) is 11.5 Å². The van der Waals surface area contributed by atoms with Gasteiger partial charge in [-0.25, -0.2) is 0 Å². The summed E-state index contributed by atoms with van der Waals surface area (Å²) >= 11 is 0. The second-order valence-electron chi connectivity index (χ2n) is 8.80. The first kappa shape index (κ1) is 29.1. The third-order valence-corrected chi connectivity index (χ3v) is 5.91. The molecule has 1 heterocycles. The van der Waals surface area contributed by atoms with Crippen molar-refractivity contribution in [2.75, 3.05) is 33.0 Å². The fraction of sp³-hybridized carbons (Fsp3) is 0.333. The van der Waals surface area contributed by atoms with Gasteiger partial charge in [0, 0.05) is 12.5 Å². The van der Waals surface area contributed by atoms with Crippen LogP contribution >= 0.6 is 0 Å². The van der Waals surface area contributed by atoms with Gasteiger partial charge in [-0.05, 0) is 55.7 Å². The van der Waals surface area contributed by atoms with Crippen LogP contribution in [-0.4, -0.2) is 55.7 Å². The van der Waals surface area contributed by atoms with Crippen molar-refractivity contribution in [1.29, 1.82) is 5.26 Å². The van der Waals surface area contributed by atoms with Crippen LogP contribution in [0.25, 0.3) is 6.08 Å². The zero-order chi connectivity index (χ0) is 28.4. The number of nitriles is 1. The summed E-state index contributed by atoms with van der Waals surface area (Å²) in [5.41, 5.74) is 3.25. The zero-order valence-electron chi connectivity index (χ0n) is 22.6. The van der Waals surface area contributed by atoms with Crippen LogP contribution in [0.1, 0.15) is 37.5 Å². The number of benzene rings is 2. The normalized spacial score (nSPS) is 14.4. The second kappa shape index (κ2) is 13.9. The van der Waals surface area contributed by atoms with Crippen LogP contribution in [0.4, 0.5) is 0 Å². The number of nitrogens with zero attached hydrogens (tertiary/aromatic N) is 2. The molecule has 1 aliphatic heterocycles. The summed E-state index contributed by atoms with van der Waals surface area (Å²) in [6.45, 7) is 7.71. The van der Waals surface area contributed by atoms with Crippen LogP contribution in [0.5, 0.6) is 11.5 Å². The molecule has 0 bridgehead atoms. The van der Waals surface area contributed by atoms with E-state index < -0.39 is 17.8 Å². The van der Waals surface area contributed by atoms with Crippen molar-refractivity contribution >= 4 is 23.9 Å². The standard InChI is InChI=1S/C30H32N2O7/c1-5-37-28-17-24(10-11-27(28)39-19-23-8-6-20(2)7-9-23)16-25-21(3)26(18-31)30(35)32(29(25)34)12-13-36-14-15-38-22(4)33/h6-11,16-17H,5,12-15,19H2,1-4H3/b25-16+. The molecule has 0 saturated carbocycles. The Morgan fingerprint density at radius 3 is 2.38 bits per heavy atom. The van der Waals surface area contributed by atoms with E-state index in [0.717, 1.165) is 10.5 Å². The van der Waals surface area contributed by atoms with Crippen LogP contribution in [0.15, 0.2) is 59.2 Å². The van der Waals surface area contributed by atoms with E-state index in [4.69, 9.17) is 18.9 Å². The molecule has 0 spiro atoms. The van der Waals surface area contributed by atoms with Crippen molar-refractivity contribution in [3.8, 4) is 17.6 Å². The molecule has 1 aliphatic rings. The maximum atomic E-state index is 13.3. The van der Waals surface area contributed by atoms with Gasteiger partial charge in [-0.3, -0.25) is 19.3 Å². The number of imide groups is 1. The molecule has 0 unspecified atom stereocenters. The second-order valence-corrected chi connectivity index (χ2v) is 8.80. The van der Waals surface area contributed by atoms with Gasteiger partial charge in [-0.1, -0.05) is 35.9 Å². The third-order valence-electron chi connectivity index (χ3n) is 5.91. The number of ether oxygens (including phenoxy) is 4. The van der Waals surface area contributed by atoms with Gasteiger partial charge in [-0.15, -0.1) is 0 Å². The monoisotopic (exact) mass is 532 g/mol. The molecule has 9 heteroatoms. The minimum atomic E-state index is -0.671. The van der Waals surface area contributed by atoms with Crippen molar-refractivity contribution < 1.29 is 33.3 Å². The zero-order valence-corrected chi connectivity index (χ0v) is 22.6. The van der Waals surface area contributed by atoms with E-state index in [2.05, 4.69) is 0 Å². The summed E-state index contributed by atoms with van der Waals surface area (Å²) in [6, 6.07) is 15.3. The van der Waals surface area contributed by atoms with Gasteiger partial charge in [0.2, 0.25) is 0 Å². The Labute approximate surface area is 228 Å². The highest BCUT2D eigenvalue weighted by Crippen LogP contribution is 2.32. The van der Waals surface area contributed by atoms with Crippen LogP contribution in [0, 0.1) is 18.3 Å². The molecule has 3 rings (SSSR count). The molecule has 2 amide bonds. The Morgan fingerprint density at radius 1 is 0.974 bits per heavy atom. The number of carbonyl (C=O) groups is 3. The molecule has 0 radical (unpaired) electrons. The van der Waals surface area contributed by atoms with Gasteiger partial charge < -0.3 is 18.9 Å². The van der Waals surface area contributed by atoms with Gasteiger partial charge in [-0.2, -0.15) is 5.26 Å². The summed E-state index contributed by atoms with van der Waals surface area (Å²) in [4.78, 5) is 37.9. The molecule has 2 aromatic rings. The summed E-state index contributed by atoms with van der Waals surface area (Å²) in [7, 11) is 0. The predicted octanol–water partition coefficient (Wildman–Crippen LogP) is 4.14. The van der Waals surface area contributed by atoms with E-state index in [9.17, 15) is 19.6 Å². The van der Waals surface area contributed by atoms with Crippen LogP contribution in [0.2, 0.25) is 0 Å². The lowest BCUT2D eigenvalue weighted by Gasteiger charge is -2.27. The first-order valence-electron chi connectivity index (χ1n) is 12.6. The Hall–Kier alpha value is -4.42. The lowest BCUT2D eigenvalue weighted by molar-refractivity contribution is -0.142. The molecule has 0 aliphatic carbocycles. The number of hydrogen-bond acceptors (Lipinski definition) is 8. The molecule has 39 heavy (non-hydrogen) atoms.